The van der Waals surface area contributed by atoms with E-state index in [-0.39, 0.29) is 45.4 Å². The first-order chi connectivity index (χ1) is 17.9. The Bertz CT molecular complexity index is 1850. The highest BCUT2D eigenvalue weighted by Gasteiger charge is 2.38. The van der Waals surface area contributed by atoms with Gasteiger partial charge in [0.05, 0.1) is 30.7 Å². The molecule has 0 fully saturated rings. The zero-order valence-corrected chi connectivity index (χ0v) is 19.3. The monoisotopic (exact) mass is 498 g/mol. The minimum Gasteiger partial charge on any atom is -0.504 e. The molecule has 9 nitrogen and oxygen atoms in total. The lowest BCUT2D eigenvalue weighted by Crippen LogP contribution is -2.25. The lowest BCUT2D eigenvalue weighted by atomic mass is 9.85. The third kappa shape index (κ3) is 3.43. The van der Waals surface area contributed by atoms with Gasteiger partial charge in [-0.15, -0.1) is 0 Å². The molecule has 1 unspecified atom stereocenters. The number of esters is 1. The number of ether oxygens (including phenoxy) is 2. The number of rotatable bonds is 3. The molecule has 2 aromatic heterocycles. The molecular formula is C28H18O9. The molecular weight excluding hydrogens is 480 g/mol. The molecule has 0 bridgehead atoms. The smallest absolute Gasteiger partial charge is 0.312 e. The molecule has 1 atom stereocenters. The summed E-state index contributed by atoms with van der Waals surface area (Å²) in [6, 6.07) is 14.8. The van der Waals surface area contributed by atoms with Crippen LogP contribution in [0, 0.1) is 0 Å². The van der Waals surface area contributed by atoms with Crippen molar-refractivity contribution in [1.82, 2.24) is 0 Å². The SMILES string of the molecule is COc1ccc2occ(C3CC(=O)Oc4c(O)c(O)c5c(=O)cc(-c6ccccc6)oc5c43)c(=O)c2c1. The zero-order valence-electron chi connectivity index (χ0n) is 19.3. The summed E-state index contributed by atoms with van der Waals surface area (Å²) in [5.74, 6) is -3.10. The first-order valence-electron chi connectivity index (χ1n) is 11.3. The molecule has 0 saturated heterocycles. The van der Waals surface area contributed by atoms with Gasteiger partial charge < -0.3 is 28.5 Å². The first kappa shape index (κ1) is 22.4. The highest BCUT2D eigenvalue weighted by atomic mass is 16.5. The summed E-state index contributed by atoms with van der Waals surface area (Å²) in [6.07, 6.45) is 0.935. The van der Waals surface area contributed by atoms with Crippen molar-refractivity contribution in [2.24, 2.45) is 0 Å². The second kappa shape index (κ2) is 8.27. The van der Waals surface area contributed by atoms with E-state index in [2.05, 4.69) is 0 Å². The molecule has 3 aromatic carbocycles. The summed E-state index contributed by atoms with van der Waals surface area (Å²) in [4.78, 5) is 39.3. The van der Waals surface area contributed by atoms with E-state index < -0.39 is 34.2 Å². The number of phenolic OH excluding ortho intramolecular Hbond substituents is 2. The largest absolute Gasteiger partial charge is 0.504 e. The second-order valence-corrected chi connectivity index (χ2v) is 8.60. The quantitative estimate of drug-likeness (QED) is 0.210. The van der Waals surface area contributed by atoms with Crippen LogP contribution in [0.3, 0.4) is 0 Å². The van der Waals surface area contributed by atoms with E-state index in [0.29, 0.717) is 16.9 Å². The Labute approximate surface area is 207 Å². The molecule has 6 rings (SSSR count). The normalized spacial score (nSPS) is 14.9. The molecule has 1 aliphatic rings. The number of methoxy groups -OCH3 is 1. The van der Waals surface area contributed by atoms with Crippen molar-refractivity contribution in [2.75, 3.05) is 7.11 Å². The van der Waals surface area contributed by atoms with E-state index in [1.807, 2.05) is 0 Å². The van der Waals surface area contributed by atoms with Crippen LogP contribution in [0.15, 0.2) is 79.3 Å². The lowest BCUT2D eigenvalue weighted by molar-refractivity contribution is -0.135. The number of hydrogen-bond acceptors (Lipinski definition) is 9. The summed E-state index contributed by atoms with van der Waals surface area (Å²) in [6.45, 7) is 0. The van der Waals surface area contributed by atoms with Crippen molar-refractivity contribution in [2.45, 2.75) is 12.3 Å². The highest BCUT2D eigenvalue weighted by Crippen LogP contribution is 2.51. The summed E-state index contributed by atoms with van der Waals surface area (Å²) < 4.78 is 22.3. The van der Waals surface area contributed by atoms with E-state index in [1.165, 1.54) is 25.5 Å². The van der Waals surface area contributed by atoms with Crippen LogP contribution in [0.4, 0.5) is 0 Å². The highest BCUT2D eigenvalue weighted by molar-refractivity contribution is 5.96. The standard InChI is InChI=1S/C28H18O9/c1-34-14-7-8-19-16(9-14)24(31)17(12-35-19)15-10-21(30)37-28-22(15)27-23(25(32)26(28)33)18(29)11-20(36-27)13-5-3-2-4-6-13/h2-9,11-12,15,32-33H,10H2,1H3. The van der Waals surface area contributed by atoms with Gasteiger partial charge in [-0.3, -0.25) is 14.4 Å². The topological polar surface area (TPSA) is 136 Å². The maximum Gasteiger partial charge on any atom is 0.312 e. The van der Waals surface area contributed by atoms with Crippen molar-refractivity contribution >= 4 is 27.9 Å². The van der Waals surface area contributed by atoms with Crippen molar-refractivity contribution in [3.63, 3.8) is 0 Å². The van der Waals surface area contributed by atoms with E-state index in [1.54, 1.807) is 42.5 Å². The maximum absolute atomic E-state index is 13.6. The van der Waals surface area contributed by atoms with Crippen LogP contribution in [0.1, 0.15) is 23.5 Å². The average Bonchev–Trinajstić information content (AvgIpc) is 2.91. The van der Waals surface area contributed by atoms with Gasteiger partial charge in [-0.1, -0.05) is 30.3 Å². The van der Waals surface area contributed by atoms with E-state index in [4.69, 9.17) is 18.3 Å². The Hall–Kier alpha value is -5.05. The van der Waals surface area contributed by atoms with Crippen molar-refractivity contribution in [1.29, 1.82) is 0 Å². The van der Waals surface area contributed by atoms with Crippen LogP contribution >= 0.6 is 0 Å². The number of aromatic hydroxyl groups is 2. The molecule has 37 heavy (non-hydrogen) atoms. The third-order valence-corrected chi connectivity index (χ3v) is 6.49. The van der Waals surface area contributed by atoms with Crippen LogP contribution in [0.25, 0.3) is 33.3 Å². The number of phenols is 2. The molecule has 0 aliphatic carbocycles. The summed E-state index contributed by atoms with van der Waals surface area (Å²) in [7, 11) is 1.47. The Morgan fingerprint density at radius 1 is 0.973 bits per heavy atom. The molecule has 0 radical (unpaired) electrons. The van der Waals surface area contributed by atoms with Crippen LogP contribution in [0.2, 0.25) is 0 Å². The van der Waals surface area contributed by atoms with Gasteiger partial charge in [0.2, 0.25) is 5.75 Å². The van der Waals surface area contributed by atoms with Gasteiger partial charge in [-0.25, -0.2) is 0 Å². The molecule has 9 heteroatoms. The number of hydrogen-bond donors (Lipinski definition) is 2. The van der Waals surface area contributed by atoms with Crippen LogP contribution in [0.5, 0.6) is 23.0 Å². The number of carbonyl (C=O) groups is 1. The summed E-state index contributed by atoms with van der Waals surface area (Å²) in [5, 5.41) is 21.3. The summed E-state index contributed by atoms with van der Waals surface area (Å²) in [5.41, 5.74) is -0.116. The summed E-state index contributed by atoms with van der Waals surface area (Å²) >= 11 is 0. The van der Waals surface area contributed by atoms with E-state index >= 15 is 0 Å². The van der Waals surface area contributed by atoms with Crippen molar-refractivity contribution in [3.8, 4) is 34.3 Å². The molecule has 1 aliphatic heterocycles. The van der Waals surface area contributed by atoms with Crippen molar-refractivity contribution in [3.05, 3.63) is 92.4 Å². The van der Waals surface area contributed by atoms with Crippen LogP contribution in [-0.2, 0) is 4.79 Å². The molecule has 0 spiro atoms. The molecule has 5 aromatic rings. The van der Waals surface area contributed by atoms with Crippen molar-refractivity contribution < 1.29 is 33.3 Å². The van der Waals surface area contributed by atoms with Gasteiger partial charge in [0.1, 0.15) is 28.1 Å². The fourth-order valence-electron chi connectivity index (χ4n) is 4.71. The van der Waals surface area contributed by atoms with Crippen LogP contribution in [-0.4, -0.2) is 23.3 Å². The second-order valence-electron chi connectivity index (χ2n) is 8.60. The maximum atomic E-state index is 13.6. The van der Waals surface area contributed by atoms with Crippen LogP contribution < -0.4 is 20.3 Å². The average molecular weight is 498 g/mol. The predicted molar refractivity (Wildman–Crippen MR) is 132 cm³/mol. The fraction of sp³-hybridized carbons (Fsp3) is 0.107. The van der Waals surface area contributed by atoms with E-state index in [9.17, 15) is 24.6 Å². The lowest BCUT2D eigenvalue weighted by Gasteiger charge is -2.26. The van der Waals surface area contributed by atoms with Gasteiger partial charge in [-0.05, 0) is 18.2 Å². The Morgan fingerprint density at radius 3 is 2.51 bits per heavy atom. The van der Waals surface area contributed by atoms with E-state index in [0.717, 1.165) is 0 Å². The Balaban J connectivity index is 1.69. The fourth-order valence-corrected chi connectivity index (χ4v) is 4.71. The zero-order chi connectivity index (χ0) is 25.8. The Morgan fingerprint density at radius 2 is 1.76 bits per heavy atom. The predicted octanol–water partition coefficient (Wildman–Crippen LogP) is 4.43. The third-order valence-electron chi connectivity index (χ3n) is 6.49. The minimum absolute atomic E-state index is 0.0781. The van der Waals surface area contributed by atoms with Gasteiger partial charge >= 0.3 is 5.97 Å². The first-order valence-corrected chi connectivity index (χ1v) is 11.3. The van der Waals surface area contributed by atoms with Gasteiger partial charge in [-0.2, -0.15) is 0 Å². The van der Waals surface area contributed by atoms with Gasteiger partial charge in [0.25, 0.3) is 0 Å². The number of benzene rings is 3. The molecule has 0 amide bonds. The molecule has 0 saturated carbocycles. The van der Waals surface area contributed by atoms with Gasteiger partial charge in [0.15, 0.2) is 22.4 Å². The van der Waals surface area contributed by atoms with Gasteiger partial charge in [0, 0.05) is 23.1 Å². The molecule has 184 valence electrons. The number of fused-ring (bicyclic) bond motifs is 4. The molecule has 2 N–H and O–H groups in total. The minimum atomic E-state index is -1.01. The Kier molecular flexibility index (Phi) is 5.01. The molecule has 3 heterocycles. The number of carbonyl (C=O) groups excluding carboxylic acids is 1.